The van der Waals surface area contributed by atoms with Gasteiger partial charge >= 0.3 is 6.85 Å². The highest BCUT2D eigenvalue weighted by molar-refractivity contribution is 6.82. The van der Waals surface area contributed by atoms with Gasteiger partial charge in [0.05, 0.1) is 6.26 Å². The average molecular weight is 377 g/mol. The molecular formula is C26H24BNO. The molecule has 2 nitrogen and oxygen atoms in total. The van der Waals surface area contributed by atoms with Crippen molar-refractivity contribution < 1.29 is 4.42 Å². The SMILES string of the molecule is CC(C)c1ccc2c(c1)C=CB(c1ccccc1)N2Cc1ccc2occc2c1. The van der Waals surface area contributed by atoms with Gasteiger partial charge in [-0.05, 0) is 52.9 Å². The fourth-order valence-corrected chi connectivity index (χ4v) is 4.21. The van der Waals surface area contributed by atoms with E-state index in [-0.39, 0.29) is 6.85 Å². The second-order valence-electron chi connectivity index (χ2n) is 8.11. The maximum atomic E-state index is 5.52. The quantitative estimate of drug-likeness (QED) is 0.404. The first-order valence-electron chi connectivity index (χ1n) is 10.3. The Kier molecular flexibility index (Phi) is 4.51. The third-order valence-electron chi connectivity index (χ3n) is 5.83. The van der Waals surface area contributed by atoms with Crippen LogP contribution >= 0.6 is 0 Å². The molecule has 29 heavy (non-hydrogen) atoms. The summed E-state index contributed by atoms with van der Waals surface area (Å²) in [7, 11) is 0. The molecule has 0 spiro atoms. The van der Waals surface area contributed by atoms with Crippen molar-refractivity contribution in [3.8, 4) is 0 Å². The summed E-state index contributed by atoms with van der Waals surface area (Å²) in [6.07, 6.45) is 4.04. The van der Waals surface area contributed by atoms with E-state index in [0.717, 1.165) is 17.5 Å². The molecule has 0 saturated carbocycles. The second kappa shape index (κ2) is 7.33. The van der Waals surface area contributed by atoms with E-state index < -0.39 is 0 Å². The lowest BCUT2D eigenvalue weighted by Gasteiger charge is -2.35. The third-order valence-corrected chi connectivity index (χ3v) is 5.83. The van der Waals surface area contributed by atoms with Crippen LogP contribution in [-0.2, 0) is 6.54 Å². The van der Waals surface area contributed by atoms with E-state index in [1.165, 1.54) is 27.8 Å². The number of anilines is 1. The van der Waals surface area contributed by atoms with Gasteiger partial charge in [-0.1, -0.05) is 73.8 Å². The molecule has 1 aliphatic heterocycles. The average Bonchev–Trinajstić information content (AvgIpc) is 3.22. The fraction of sp³-hybridized carbons (Fsp3) is 0.154. The summed E-state index contributed by atoms with van der Waals surface area (Å²) in [5, 5.41) is 1.15. The zero-order chi connectivity index (χ0) is 19.8. The minimum atomic E-state index is 0.216. The van der Waals surface area contributed by atoms with E-state index >= 15 is 0 Å². The van der Waals surface area contributed by atoms with E-state index in [2.05, 4.69) is 97.4 Å². The summed E-state index contributed by atoms with van der Waals surface area (Å²) in [4.78, 5) is 2.51. The van der Waals surface area contributed by atoms with Gasteiger partial charge in [0.1, 0.15) is 5.58 Å². The molecule has 0 radical (unpaired) electrons. The summed E-state index contributed by atoms with van der Waals surface area (Å²) in [6.45, 7) is 5.56. The molecule has 0 aliphatic carbocycles. The van der Waals surface area contributed by atoms with Crippen molar-refractivity contribution in [3.05, 3.63) is 102 Å². The lowest BCUT2D eigenvalue weighted by molar-refractivity contribution is 0.616. The van der Waals surface area contributed by atoms with E-state index in [4.69, 9.17) is 4.42 Å². The largest absolute Gasteiger partial charge is 0.464 e. The first-order valence-corrected chi connectivity index (χ1v) is 10.3. The van der Waals surface area contributed by atoms with Gasteiger partial charge in [-0.25, -0.2) is 0 Å². The number of benzene rings is 3. The Morgan fingerprint density at radius 1 is 0.931 bits per heavy atom. The van der Waals surface area contributed by atoms with Crippen molar-refractivity contribution >= 4 is 35.0 Å². The van der Waals surface area contributed by atoms with Gasteiger partial charge in [-0.2, -0.15) is 0 Å². The molecule has 0 fully saturated rings. The Bertz CT molecular complexity index is 1180. The molecule has 0 atom stereocenters. The number of fused-ring (bicyclic) bond motifs is 2. The Morgan fingerprint density at radius 2 is 1.79 bits per heavy atom. The number of rotatable bonds is 4. The molecule has 2 heterocycles. The zero-order valence-corrected chi connectivity index (χ0v) is 16.9. The molecule has 0 saturated heterocycles. The molecule has 0 N–H and O–H groups in total. The van der Waals surface area contributed by atoms with Crippen molar-refractivity contribution in [3.63, 3.8) is 0 Å². The second-order valence-corrected chi connectivity index (χ2v) is 8.11. The van der Waals surface area contributed by atoms with Crippen molar-refractivity contribution in [2.45, 2.75) is 26.3 Å². The Morgan fingerprint density at radius 3 is 2.62 bits per heavy atom. The smallest absolute Gasteiger partial charge is 0.316 e. The van der Waals surface area contributed by atoms with Gasteiger partial charge in [-0.15, -0.1) is 0 Å². The van der Waals surface area contributed by atoms with Crippen LogP contribution in [0, 0.1) is 0 Å². The highest BCUT2D eigenvalue weighted by Gasteiger charge is 2.28. The summed E-state index contributed by atoms with van der Waals surface area (Å²) in [5.41, 5.74) is 7.51. The number of nitrogens with zero attached hydrogens (tertiary/aromatic N) is 1. The van der Waals surface area contributed by atoms with Gasteiger partial charge in [0.25, 0.3) is 0 Å². The number of hydrogen-bond acceptors (Lipinski definition) is 2. The molecule has 3 aromatic carbocycles. The van der Waals surface area contributed by atoms with E-state index in [0.29, 0.717) is 5.92 Å². The Labute approximate surface area is 172 Å². The summed E-state index contributed by atoms with van der Waals surface area (Å²) in [5.74, 6) is 2.86. The molecule has 0 amide bonds. The highest BCUT2D eigenvalue weighted by atomic mass is 16.3. The summed E-state index contributed by atoms with van der Waals surface area (Å²) < 4.78 is 5.52. The van der Waals surface area contributed by atoms with Gasteiger partial charge in [0.2, 0.25) is 0 Å². The van der Waals surface area contributed by atoms with Crippen LogP contribution < -0.4 is 10.3 Å². The van der Waals surface area contributed by atoms with Crippen molar-refractivity contribution in [1.29, 1.82) is 0 Å². The normalized spacial score (nSPS) is 13.3. The summed E-state index contributed by atoms with van der Waals surface area (Å²) in [6, 6.07) is 26.2. The van der Waals surface area contributed by atoms with Crippen LogP contribution in [0.5, 0.6) is 0 Å². The minimum absolute atomic E-state index is 0.216. The van der Waals surface area contributed by atoms with Crippen molar-refractivity contribution in [2.75, 3.05) is 4.81 Å². The van der Waals surface area contributed by atoms with Crippen LogP contribution in [0.3, 0.4) is 0 Å². The topological polar surface area (TPSA) is 16.4 Å². The van der Waals surface area contributed by atoms with Gasteiger partial charge in [-0.3, -0.25) is 0 Å². The lowest BCUT2D eigenvalue weighted by Crippen LogP contribution is -2.48. The predicted octanol–water partition coefficient (Wildman–Crippen LogP) is 6.03. The molecule has 1 aliphatic rings. The molecule has 3 heteroatoms. The molecule has 0 bridgehead atoms. The van der Waals surface area contributed by atoms with E-state index in [1.807, 2.05) is 6.07 Å². The molecule has 0 unspecified atom stereocenters. The van der Waals surface area contributed by atoms with E-state index in [1.54, 1.807) is 6.26 Å². The molecule has 4 aromatic rings. The summed E-state index contributed by atoms with van der Waals surface area (Å²) >= 11 is 0. The lowest BCUT2D eigenvalue weighted by atomic mass is 9.52. The van der Waals surface area contributed by atoms with Crippen LogP contribution in [0.25, 0.3) is 17.0 Å². The fourth-order valence-electron chi connectivity index (χ4n) is 4.21. The number of furan rings is 1. The molecule has 142 valence electrons. The van der Waals surface area contributed by atoms with Gasteiger partial charge in [0.15, 0.2) is 0 Å². The van der Waals surface area contributed by atoms with Crippen molar-refractivity contribution in [2.24, 2.45) is 0 Å². The third kappa shape index (κ3) is 3.38. The molecule has 1 aromatic heterocycles. The van der Waals surface area contributed by atoms with Crippen LogP contribution in [-0.4, -0.2) is 6.85 Å². The van der Waals surface area contributed by atoms with Crippen LogP contribution in [0.4, 0.5) is 5.69 Å². The Balaban J connectivity index is 1.58. The molecular weight excluding hydrogens is 353 g/mol. The highest BCUT2D eigenvalue weighted by Crippen LogP contribution is 2.32. The predicted molar refractivity (Wildman–Crippen MR) is 124 cm³/mol. The van der Waals surface area contributed by atoms with Gasteiger partial charge in [0, 0.05) is 17.6 Å². The van der Waals surface area contributed by atoms with Crippen LogP contribution in [0.2, 0.25) is 0 Å². The monoisotopic (exact) mass is 377 g/mol. The maximum Gasteiger partial charge on any atom is 0.316 e. The maximum absolute atomic E-state index is 5.52. The standard InChI is InChI=1S/C26H24BNO/c1-19(2)21-9-10-25-22(17-21)12-14-27(24-6-4-3-5-7-24)28(25)18-20-8-11-26-23(16-20)13-15-29-26/h3-17,19H,18H2,1-2H3. The molecule has 5 rings (SSSR count). The first-order chi connectivity index (χ1) is 14.2. The first kappa shape index (κ1) is 17.9. The Hall–Kier alpha value is -3.20. The van der Waals surface area contributed by atoms with Crippen LogP contribution in [0.1, 0.15) is 36.5 Å². The zero-order valence-electron chi connectivity index (χ0n) is 16.9. The minimum Gasteiger partial charge on any atom is -0.464 e. The van der Waals surface area contributed by atoms with Crippen LogP contribution in [0.15, 0.2) is 89.5 Å². The van der Waals surface area contributed by atoms with E-state index in [9.17, 15) is 0 Å². The number of hydrogen-bond donors (Lipinski definition) is 0. The van der Waals surface area contributed by atoms with Gasteiger partial charge < -0.3 is 9.23 Å². The van der Waals surface area contributed by atoms with Crippen molar-refractivity contribution in [1.82, 2.24) is 0 Å².